The summed E-state index contributed by atoms with van der Waals surface area (Å²) < 4.78 is 32.2. The zero-order chi connectivity index (χ0) is 28.3. The van der Waals surface area contributed by atoms with E-state index in [2.05, 4.69) is 10.3 Å². The Hall–Kier alpha value is -4.16. The molecule has 6 rings (SSSR count). The van der Waals surface area contributed by atoms with Crippen molar-refractivity contribution in [2.45, 2.75) is 70.1 Å². The van der Waals surface area contributed by atoms with E-state index in [1.807, 2.05) is 31.7 Å². The Morgan fingerprint density at radius 3 is 2.35 bits per heavy atom. The summed E-state index contributed by atoms with van der Waals surface area (Å²) in [6, 6.07) is 14.5. The quantitative estimate of drug-likeness (QED) is 0.356. The third kappa shape index (κ3) is 4.33. The van der Waals surface area contributed by atoms with Gasteiger partial charge in [0.1, 0.15) is 23.2 Å². The molecule has 2 fully saturated rings. The molecule has 204 valence electrons. The first-order valence-electron chi connectivity index (χ1n) is 13.5. The zero-order valence-corrected chi connectivity index (χ0v) is 22.7. The van der Waals surface area contributed by atoms with Crippen LogP contribution in [-0.4, -0.2) is 43.9 Å². The van der Waals surface area contributed by atoms with Gasteiger partial charge in [0.25, 0.3) is 5.91 Å². The van der Waals surface area contributed by atoms with Crippen LogP contribution in [0.3, 0.4) is 0 Å². The van der Waals surface area contributed by atoms with Crippen LogP contribution in [0.25, 0.3) is 33.3 Å². The number of nitriles is 1. The minimum atomic E-state index is -0.685. The Balaban J connectivity index is 1.49. The maximum absolute atomic E-state index is 15.8. The molecule has 9 heteroatoms. The molecular formula is C31H30F2N6O. The molecule has 2 atom stereocenters. The minimum Gasteiger partial charge on any atom is -0.333 e. The molecule has 1 amide bonds. The number of rotatable bonds is 3. The van der Waals surface area contributed by atoms with Crippen LogP contribution in [0.2, 0.25) is 0 Å². The number of benzene rings is 3. The number of hydrogen-bond donors (Lipinski definition) is 1. The number of nitrogens with zero attached hydrogens (tertiary/aromatic N) is 5. The second kappa shape index (κ2) is 9.49. The van der Waals surface area contributed by atoms with E-state index >= 15 is 4.39 Å². The van der Waals surface area contributed by atoms with Crippen molar-refractivity contribution in [2.24, 2.45) is 5.73 Å². The van der Waals surface area contributed by atoms with E-state index in [-0.39, 0.29) is 35.2 Å². The molecule has 2 unspecified atom stereocenters. The molecule has 4 aromatic rings. The van der Waals surface area contributed by atoms with Crippen LogP contribution < -0.4 is 5.73 Å². The van der Waals surface area contributed by atoms with Gasteiger partial charge in [-0.1, -0.05) is 17.3 Å². The lowest BCUT2D eigenvalue weighted by atomic mass is 9.90. The Labute approximate surface area is 231 Å². The van der Waals surface area contributed by atoms with E-state index in [0.29, 0.717) is 33.3 Å². The Bertz CT molecular complexity index is 1680. The highest BCUT2D eigenvalue weighted by Gasteiger charge is 2.42. The van der Waals surface area contributed by atoms with Crippen molar-refractivity contribution in [3.63, 3.8) is 0 Å². The van der Waals surface area contributed by atoms with Crippen LogP contribution in [0.15, 0.2) is 48.5 Å². The average molecular weight is 541 g/mol. The molecule has 0 radical (unpaired) electrons. The number of halogens is 2. The summed E-state index contributed by atoms with van der Waals surface area (Å²) in [5, 5.41) is 17.7. The standard InChI is InChI=1S/C31H30F2N6O/c1-31(2,3)39-29-15-27(33)25(14-28(29)36-37-39)23-9-6-18(10-24(23)17-4-5-19(16-34)26(32)11-17)30(40)38-21-7-8-22(38)13-20(35)12-21/h4-6,9-11,14-15,20-22H,7-8,12-13,35H2,1-3H3. The molecule has 0 spiro atoms. The fourth-order valence-electron chi connectivity index (χ4n) is 6.27. The van der Waals surface area contributed by atoms with Gasteiger partial charge < -0.3 is 10.6 Å². The molecule has 7 nitrogen and oxygen atoms in total. The van der Waals surface area contributed by atoms with Gasteiger partial charge >= 0.3 is 0 Å². The summed E-state index contributed by atoms with van der Waals surface area (Å²) in [7, 11) is 0. The molecule has 1 aromatic heterocycles. The van der Waals surface area contributed by atoms with Gasteiger partial charge in [0.15, 0.2) is 0 Å². The number of fused-ring (bicyclic) bond motifs is 3. The SMILES string of the molecule is CC(C)(C)n1nnc2cc(-c3ccc(C(=O)N4C5CCC4CC(N)C5)cc3-c3ccc(C#N)c(F)c3)c(F)cc21. The first-order valence-corrected chi connectivity index (χ1v) is 13.5. The lowest BCUT2D eigenvalue weighted by molar-refractivity contribution is 0.0575. The van der Waals surface area contributed by atoms with Gasteiger partial charge in [-0.15, -0.1) is 5.10 Å². The van der Waals surface area contributed by atoms with Crippen LogP contribution >= 0.6 is 0 Å². The molecule has 0 saturated carbocycles. The van der Waals surface area contributed by atoms with Gasteiger partial charge in [-0.25, -0.2) is 13.5 Å². The van der Waals surface area contributed by atoms with E-state index < -0.39 is 17.2 Å². The minimum absolute atomic E-state index is 0.0924. The van der Waals surface area contributed by atoms with E-state index in [4.69, 9.17) is 5.73 Å². The predicted octanol–water partition coefficient (Wildman–Crippen LogP) is 5.76. The first-order chi connectivity index (χ1) is 19.0. The Kier molecular flexibility index (Phi) is 6.19. The van der Waals surface area contributed by atoms with Crippen molar-refractivity contribution in [3.05, 3.63) is 71.3 Å². The molecule has 2 saturated heterocycles. The molecule has 2 aliphatic heterocycles. The second-order valence-electron chi connectivity index (χ2n) is 11.9. The number of nitrogens with two attached hydrogens (primary N) is 1. The largest absolute Gasteiger partial charge is 0.333 e. The topological polar surface area (TPSA) is 101 Å². The van der Waals surface area contributed by atoms with Crippen LogP contribution in [-0.2, 0) is 5.54 Å². The number of amides is 1. The van der Waals surface area contributed by atoms with Gasteiger partial charge in [0.05, 0.1) is 16.6 Å². The van der Waals surface area contributed by atoms with E-state index in [9.17, 15) is 14.4 Å². The number of carbonyl (C=O) groups is 1. The summed E-state index contributed by atoms with van der Waals surface area (Å²) in [6.07, 6.45) is 3.40. The van der Waals surface area contributed by atoms with Crippen LogP contribution in [0, 0.1) is 23.0 Å². The summed E-state index contributed by atoms with van der Waals surface area (Å²) in [5.74, 6) is -1.28. The highest BCUT2D eigenvalue weighted by molar-refractivity contribution is 5.99. The molecule has 3 aromatic carbocycles. The van der Waals surface area contributed by atoms with Crippen molar-refractivity contribution < 1.29 is 13.6 Å². The van der Waals surface area contributed by atoms with Gasteiger partial charge in [0, 0.05) is 35.3 Å². The summed E-state index contributed by atoms with van der Waals surface area (Å²) >= 11 is 0. The molecule has 0 aliphatic carbocycles. The van der Waals surface area contributed by atoms with E-state index in [1.54, 1.807) is 35.0 Å². The van der Waals surface area contributed by atoms with Gasteiger partial charge in [-0.05, 0) is 93.5 Å². The summed E-state index contributed by atoms with van der Waals surface area (Å²) in [5.41, 5.74) is 8.90. The number of carbonyl (C=O) groups excluding carboxylic acids is 1. The van der Waals surface area contributed by atoms with E-state index in [1.165, 1.54) is 18.2 Å². The van der Waals surface area contributed by atoms with Crippen LogP contribution in [0.5, 0.6) is 0 Å². The Morgan fingerprint density at radius 2 is 1.70 bits per heavy atom. The fourth-order valence-corrected chi connectivity index (χ4v) is 6.27. The van der Waals surface area contributed by atoms with Crippen LogP contribution in [0.4, 0.5) is 8.78 Å². The average Bonchev–Trinajstić information content (AvgIpc) is 3.45. The van der Waals surface area contributed by atoms with Gasteiger partial charge in [-0.2, -0.15) is 5.26 Å². The fraction of sp³-hybridized carbons (Fsp3) is 0.355. The molecule has 2 N–H and O–H groups in total. The van der Waals surface area contributed by atoms with Gasteiger partial charge in [0.2, 0.25) is 0 Å². The van der Waals surface area contributed by atoms with Crippen molar-refractivity contribution in [1.82, 2.24) is 19.9 Å². The van der Waals surface area contributed by atoms with E-state index in [0.717, 1.165) is 25.7 Å². The Morgan fingerprint density at radius 1 is 0.975 bits per heavy atom. The molecule has 2 aliphatic rings. The smallest absolute Gasteiger partial charge is 0.254 e. The number of piperidine rings is 1. The lowest BCUT2D eigenvalue weighted by Crippen LogP contribution is -2.50. The lowest BCUT2D eigenvalue weighted by Gasteiger charge is -2.38. The number of aromatic nitrogens is 3. The highest BCUT2D eigenvalue weighted by atomic mass is 19.1. The molecular weight excluding hydrogens is 510 g/mol. The van der Waals surface area contributed by atoms with Crippen molar-refractivity contribution in [2.75, 3.05) is 0 Å². The summed E-state index contributed by atoms with van der Waals surface area (Å²) in [4.78, 5) is 15.7. The molecule has 40 heavy (non-hydrogen) atoms. The van der Waals surface area contributed by atoms with Crippen LogP contribution in [0.1, 0.15) is 62.4 Å². The molecule has 2 bridgehead atoms. The monoisotopic (exact) mass is 540 g/mol. The highest BCUT2D eigenvalue weighted by Crippen LogP contribution is 2.40. The maximum Gasteiger partial charge on any atom is 0.254 e. The number of hydrogen-bond acceptors (Lipinski definition) is 5. The van der Waals surface area contributed by atoms with Crippen molar-refractivity contribution in [3.8, 4) is 28.3 Å². The van der Waals surface area contributed by atoms with Crippen molar-refractivity contribution >= 4 is 16.9 Å². The first kappa shape index (κ1) is 26.1. The normalized spacial score (nSPS) is 20.6. The van der Waals surface area contributed by atoms with Crippen molar-refractivity contribution in [1.29, 1.82) is 5.26 Å². The summed E-state index contributed by atoms with van der Waals surface area (Å²) in [6.45, 7) is 5.88. The van der Waals surface area contributed by atoms with Gasteiger partial charge in [-0.3, -0.25) is 4.79 Å². The third-order valence-electron chi connectivity index (χ3n) is 8.13. The zero-order valence-electron chi connectivity index (χ0n) is 22.7. The third-order valence-corrected chi connectivity index (χ3v) is 8.13. The maximum atomic E-state index is 15.8. The molecule has 3 heterocycles. The second-order valence-corrected chi connectivity index (χ2v) is 11.9. The predicted molar refractivity (Wildman–Crippen MR) is 148 cm³/mol.